The number of nitrogens with one attached hydrogen (secondary N) is 1. The lowest BCUT2D eigenvalue weighted by Crippen LogP contribution is -3.13. The zero-order valence-electron chi connectivity index (χ0n) is 10.4. The van der Waals surface area contributed by atoms with Crippen LogP contribution < -0.4 is 4.90 Å². The minimum Gasteiger partial charge on any atom is -0.329 e. The highest BCUT2D eigenvalue weighted by Gasteiger charge is 2.25. The molecule has 0 aromatic heterocycles. The van der Waals surface area contributed by atoms with Crippen LogP contribution in [0.5, 0.6) is 0 Å². The van der Waals surface area contributed by atoms with E-state index in [9.17, 15) is 8.42 Å². The van der Waals surface area contributed by atoms with Gasteiger partial charge in [0, 0.05) is 10.0 Å². The summed E-state index contributed by atoms with van der Waals surface area (Å²) >= 11 is 3.55. The van der Waals surface area contributed by atoms with Crippen molar-refractivity contribution in [3.8, 4) is 0 Å². The van der Waals surface area contributed by atoms with Gasteiger partial charge in [-0.3, -0.25) is 0 Å². The van der Waals surface area contributed by atoms with Gasteiger partial charge in [-0.25, -0.2) is 8.42 Å². The Morgan fingerprint density at radius 2 is 1.89 bits per heavy atom. The molecule has 6 heteroatoms. The third kappa shape index (κ3) is 3.54. The van der Waals surface area contributed by atoms with Crippen molar-refractivity contribution in [1.29, 1.82) is 0 Å². The summed E-state index contributed by atoms with van der Waals surface area (Å²) in [6.07, 6.45) is 1.28. The lowest BCUT2D eigenvalue weighted by atomic mass is 10.2. The largest absolute Gasteiger partial charge is 0.329 e. The average molecular weight is 334 g/mol. The van der Waals surface area contributed by atoms with Crippen molar-refractivity contribution in [3.63, 3.8) is 0 Å². The van der Waals surface area contributed by atoms with Gasteiger partial charge in [-0.15, -0.1) is 0 Å². The first-order chi connectivity index (χ1) is 8.47. The van der Waals surface area contributed by atoms with Crippen molar-refractivity contribution < 1.29 is 13.3 Å². The Balaban J connectivity index is 1.94. The van der Waals surface area contributed by atoms with Gasteiger partial charge in [0.25, 0.3) is 0 Å². The number of sulfonamides is 1. The Bertz CT molecular complexity index is 511. The van der Waals surface area contributed by atoms with Gasteiger partial charge in [-0.1, -0.05) is 34.1 Å². The predicted molar refractivity (Wildman–Crippen MR) is 75.0 cm³/mol. The van der Waals surface area contributed by atoms with Gasteiger partial charge in [0.1, 0.15) is 6.54 Å². The van der Waals surface area contributed by atoms with E-state index in [0.29, 0.717) is 13.1 Å². The van der Waals surface area contributed by atoms with Crippen LogP contribution in [0.3, 0.4) is 0 Å². The molecule has 1 fully saturated rings. The van der Waals surface area contributed by atoms with Crippen molar-refractivity contribution in [1.82, 2.24) is 4.31 Å². The quantitative estimate of drug-likeness (QED) is 0.853. The molecule has 1 aromatic carbocycles. The number of hydrogen-bond donors (Lipinski definition) is 1. The Kier molecular flexibility index (Phi) is 4.42. The van der Waals surface area contributed by atoms with E-state index in [1.54, 1.807) is 4.31 Å². The predicted octanol–water partition coefficient (Wildman–Crippen LogP) is 0.109. The van der Waals surface area contributed by atoms with Gasteiger partial charge in [0.2, 0.25) is 10.0 Å². The first kappa shape index (κ1) is 14.0. The third-order valence-corrected chi connectivity index (χ3v) is 5.37. The van der Waals surface area contributed by atoms with Crippen LogP contribution in [0.1, 0.15) is 5.56 Å². The molecular weight excluding hydrogens is 316 g/mol. The second kappa shape index (κ2) is 5.69. The van der Waals surface area contributed by atoms with Gasteiger partial charge in [0.05, 0.1) is 32.4 Å². The third-order valence-electron chi connectivity index (χ3n) is 3.30. The summed E-state index contributed by atoms with van der Waals surface area (Å²) in [5.74, 6) is 0. The highest BCUT2D eigenvalue weighted by atomic mass is 79.9. The molecule has 18 heavy (non-hydrogen) atoms. The monoisotopic (exact) mass is 333 g/mol. The van der Waals surface area contributed by atoms with Crippen molar-refractivity contribution in [2.24, 2.45) is 0 Å². The van der Waals surface area contributed by atoms with Crippen LogP contribution >= 0.6 is 15.9 Å². The van der Waals surface area contributed by atoms with Crippen molar-refractivity contribution in [2.45, 2.75) is 6.54 Å². The summed E-state index contributed by atoms with van der Waals surface area (Å²) in [6, 6.07) is 8.19. The molecule has 1 N–H and O–H groups in total. The molecular formula is C12H18BrN2O2S+. The minimum atomic E-state index is -3.02. The number of quaternary nitrogens is 1. The minimum absolute atomic E-state index is 0.624. The fourth-order valence-electron chi connectivity index (χ4n) is 2.22. The SMILES string of the molecule is CS(=O)(=O)N1CC[NH+](Cc2ccccc2Br)CC1. The van der Waals surface area contributed by atoms with Crippen LogP contribution in [0.4, 0.5) is 0 Å². The molecule has 1 aromatic rings. The van der Waals surface area contributed by atoms with Crippen LogP contribution in [0.2, 0.25) is 0 Å². The number of benzene rings is 1. The van der Waals surface area contributed by atoms with E-state index in [0.717, 1.165) is 24.1 Å². The molecule has 0 radical (unpaired) electrons. The molecule has 0 amide bonds. The maximum Gasteiger partial charge on any atom is 0.211 e. The Hall–Kier alpha value is -0.430. The van der Waals surface area contributed by atoms with E-state index in [1.165, 1.54) is 16.7 Å². The van der Waals surface area contributed by atoms with Gasteiger partial charge in [-0.05, 0) is 6.07 Å². The van der Waals surface area contributed by atoms with Crippen LogP contribution in [0, 0.1) is 0 Å². The molecule has 1 saturated heterocycles. The first-order valence-corrected chi connectivity index (χ1v) is 8.63. The van der Waals surface area contributed by atoms with E-state index in [-0.39, 0.29) is 0 Å². The molecule has 0 aliphatic carbocycles. The van der Waals surface area contributed by atoms with E-state index in [2.05, 4.69) is 22.0 Å². The van der Waals surface area contributed by atoms with E-state index in [4.69, 9.17) is 0 Å². The van der Waals surface area contributed by atoms with Gasteiger partial charge < -0.3 is 4.90 Å². The molecule has 0 bridgehead atoms. The Labute approximate surface area is 117 Å². The first-order valence-electron chi connectivity index (χ1n) is 5.99. The lowest BCUT2D eigenvalue weighted by Gasteiger charge is -2.30. The fourth-order valence-corrected chi connectivity index (χ4v) is 3.49. The molecule has 1 heterocycles. The summed E-state index contributed by atoms with van der Waals surface area (Å²) in [5, 5.41) is 0. The van der Waals surface area contributed by atoms with Gasteiger partial charge in [-0.2, -0.15) is 4.31 Å². The highest BCUT2D eigenvalue weighted by Crippen LogP contribution is 2.14. The number of hydrogen-bond acceptors (Lipinski definition) is 2. The smallest absolute Gasteiger partial charge is 0.211 e. The maximum absolute atomic E-state index is 11.4. The summed E-state index contributed by atoms with van der Waals surface area (Å²) in [6.45, 7) is 3.93. The molecule has 2 rings (SSSR count). The van der Waals surface area contributed by atoms with Crippen LogP contribution in [-0.2, 0) is 16.6 Å². The summed E-state index contributed by atoms with van der Waals surface area (Å²) < 4.78 is 25.5. The van der Waals surface area contributed by atoms with E-state index < -0.39 is 10.0 Å². The molecule has 4 nitrogen and oxygen atoms in total. The molecule has 0 saturated carbocycles. The van der Waals surface area contributed by atoms with Gasteiger partial charge >= 0.3 is 0 Å². The second-order valence-electron chi connectivity index (χ2n) is 4.68. The van der Waals surface area contributed by atoms with E-state index >= 15 is 0 Å². The normalized spacial score (nSPS) is 19.0. The second-order valence-corrected chi connectivity index (χ2v) is 7.52. The molecule has 0 atom stereocenters. The van der Waals surface area contributed by atoms with Gasteiger partial charge in [0.15, 0.2) is 0 Å². The summed E-state index contributed by atoms with van der Waals surface area (Å²) in [7, 11) is -3.02. The Morgan fingerprint density at radius 3 is 2.44 bits per heavy atom. The number of nitrogens with zero attached hydrogens (tertiary/aromatic N) is 1. The molecule has 1 aliphatic heterocycles. The van der Waals surface area contributed by atoms with Crippen LogP contribution in [-0.4, -0.2) is 45.2 Å². The zero-order chi connectivity index (χ0) is 13.2. The van der Waals surface area contributed by atoms with E-state index in [1.807, 2.05) is 18.2 Å². The lowest BCUT2D eigenvalue weighted by molar-refractivity contribution is -0.917. The standard InChI is InChI=1S/C12H17BrN2O2S/c1-18(16,17)15-8-6-14(7-9-15)10-11-4-2-3-5-12(11)13/h2-5H,6-10H2,1H3/p+1. The van der Waals surface area contributed by atoms with Crippen molar-refractivity contribution >= 4 is 26.0 Å². The van der Waals surface area contributed by atoms with Crippen LogP contribution in [0.25, 0.3) is 0 Å². The van der Waals surface area contributed by atoms with Crippen LogP contribution in [0.15, 0.2) is 28.7 Å². The summed E-state index contributed by atoms with van der Waals surface area (Å²) in [5.41, 5.74) is 1.28. The average Bonchev–Trinajstić information content (AvgIpc) is 2.32. The summed E-state index contributed by atoms with van der Waals surface area (Å²) in [4.78, 5) is 1.43. The fraction of sp³-hybridized carbons (Fsp3) is 0.500. The number of rotatable bonds is 3. The molecule has 0 spiro atoms. The molecule has 0 unspecified atom stereocenters. The number of piperazine rings is 1. The van der Waals surface area contributed by atoms with Crippen molar-refractivity contribution in [2.75, 3.05) is 32.4 Å². The Morgan fingerprint density at radius 1 is 1.28 bits per heavy atom. The topological polar surface area (TPSA) is 41.8 Å². The molecule has 1 aliphatic rings. The zero-order valence-corrected chi connectivity index (χ0v) is 12.8. The molecule has 100 valence electrons. The maximum atomic E-state index is 11.4. The highest BCUT2D eigenvalue weighted by molar-refractivity contribution is 9.10. The number of halogens is 1. The van der Waals surface area contributed by atoms with Crippen molar-refractivity contribution in [3.05, 3.63) is 34.3 Å².